The summed E-state index contributed by atoms with van der Waals surface area (Å²) < 4.78 is 0. The fraction of sp³-hybridized carbons (Fsp3) is 0.350. The standard InChI is InChI=1S/C20H26N2OS/c1-16(18-7-5-4-6-8-18)13-21-20(23)15-22(2)14-17-9-11-19(24-3)12-10-17/h4-12,16H,13-15H2,1-3H3,(H,21,23)/t16-/m0/s1. The third-order valence-corrected chi connectivity index (χ3v) is 4.74. The van der Waals surface area contributed by atoms with Gasteiger partial charge in [0, 0.05) is 18.0 Å². The summed E-state index contributed by atoms with van der Waals surface area (Å²) >= 11 is 1.74. The largest absolute Gasteiger partial charge is 0.354 e. The van der Waals surface area contributed by atoms with Gasteiger partial charge < -0.3 is 5.32 Å². The van der Waals surface area contributed by atoms with Crippen LogP contribution in [0.3, 0.4) is 0 Å². The minimum atomic E-state index is 0.0704. The number of hydrogen-bond donors (Lipinski definition) is 1. The number of likely N-dealkylation sites (N-methyl/N-ethyl adjacent to an activating group) is 1. The van der Waals surface area contributed by atoms with Gasteiger partial charge in [-0.15, -0.1) is 11.8 Å². The van der Waals surface area contributed by atoms with Crippen molar-refractivity contribution < 1.29 is 4.79 Å². The molecular formula is C20H26N2OS. The molecule has 0 aromatic heterocycles. The van der Waals surface area contributed by atoms with Crippen LogP contribution in [-0.2, 0) is 11.3 Å². The fourth-order valence-corrected chi connectivity index (χ4v) is 2.97. The average Bonchev–Trinajstić information content (AvgIpc) is 2.61. The van der Waals surface area contributed by atoms with Crippen molar-refractivity contribution in [3.05, 3.63) is 65.7 Å². The first-order valence-electron chi connectivity index (χ1n) is 8.21. The molecule has 1 atom stereocenters. The molecule has 0 aliphatic heterocycles. The maximum atomic E-state index is 12.1. The van der Waals surface area contributed by atoms with Crippen LogP contribution in [0.15, 0.2) is 59.5 Å². The molecule has 0 aliphatic rings. The highest BCUT2D eigenvalue weighted by atomic mass is 32.2. The van der Waals surface area contributed by atoms with Crippen LogP contribution in [0.1, 0.15) is 24.0 Å². The summed E-state index contributed by atoms with van der Waals surface area (Å²) in [6.45, 7) is 3.98. The van der Waals surface area contributed by atoms with E-state index in [4.69, 9.17) is 0 Å². The maximum Gasteiger partial charge on any atom is 0.234 e. The summed E-state index contributed by atoms with van der Waals surface area (Å²) in [5, 5.41) is 3.03. The third kappa shape index (κ3) is 6.02. The molecule has 1 N–H and O–H groups in total. The van der Waals surface area contributed by atoms with Gasteiger partial charge in [0.2, 0.25) is 5.91 Å². The molecule has 2 rings (SSSR count). The highest BCUT2D eigenvalue weighted by molar-refractivity contribution is 7.98. The SMILES string of the molecule is CSc1ccc(CN(C)CC(=O)NC[C@H](C)c2ccccc2)cc1. The van der Waals surface area contributed by atoms with Crippen LogP contribution in [0.25, 0.3) is 0 Å². The molecule has 4 heteroatoms. The molecule has 0 radical (unpaired) electrons. The lowest BCUT2D eigenvalue weighted by molar-refractivity contribution is -0.122. The average molecular weight is 343 g/mol. The first-order chi connectivity index (χ1) is 11.6. The zero-order chi connectivity index (χ0) is 17.4. The predicted molar refractivity (Wildman–Crippen MR) is 102 cm³/mol. The number of thioether (sulfide) groups is 1. The Morgan fingerprint density at radius 3 is 2.42 bits per heavy atom. The van der Waals surface area contributed by atoms with Crippen LogP contribution in [0.5, 0.6) is 0 Å². The van der Waals surface area contributed by atoms with E-state index in [1.54, 1.807) is 11.8 Å². The zero-order valence-electron chi connectivity index (χ0n) is 14.7. The van der Waals surface area contributed by atoms with Gasteiger partial charge in [-0.1, -0.05) is 49.4 Å². The molecule has 24 heavy (non-hydrogen) atoms. The Balaban J connectivity index is 1.74. The topological polar surface area (TPSA) is 32.3 Å². The maximum absolute atomic E-state index is 12.1. The van der Waals surface area contributed by atoms with Gasteiger partial charge in [-0.05, 0) is 42.5 Å². The van der Waals surface area contributed by atoms with Crippen LogP contribution in [0.2, 0.25) is 0 Å². The van der Waals surface area contributed by atoms with Crippen molar-refractivity contribution in [1.29, 1.82) is 0 Å². The minimum absolute atomic E-state index is 0.0704. The molecule has 0 unspecified atom stereocenters. The summed E-state index contributed by atoms with van der Waals surface area (Å²) in [5.41, 5.74) is 2.47. The van der Waals surface area contributed by atoms with Gasteiger partial charge >= 0.3 is 0 Å². The zero-order valence-corrected chi connectivity index (χ0v) is 15.5. The Labute approximate surface area is 149 Å². The van der Waals surface area contributed by atoms with E-state index in [1.807, 2.05) is 30.1 Å². The highest BCUT2D eigenvalue weighted by Crippen LogP contribution is 2.15. The van der Waals surface area contributed by atoms with Crippen molar-refractivity contribution >= 4 is 17.7 Å². The molecule has 0 aliphatic carbocycles. The van der Waals surface area contributed by atoms with Crippen molar-refractivity contribution in [1.82, 2.24) is 10.2 Å². The van der Waals surface area contributed by atoms with E-state index in [2.05, 4.69) is 54.9 Å². The Hall–Kier alpha value is -1.78. The number of carbonyl (C=O) groups excluding carboxylic acids is 1. The fourth-order valence-electron chi connectivity index (χ4n) is 2.57. The Morgan fingerprint density at radius 1 is 1.12 bits per heavy atom. The van der Waals surface area contributed by atoms with Crippen LogP contribution in [-0.4, -0.2) is 37.2 Å². The van der Waals surface area contributed by atoms with Gasteiger partial charge in [0.25, 0.3) is 0 Å². The van der Waals surface area contributed by atoms with Gasteiger partial charge in [-0.25, -0.2) is 0 Å². The Kier molecular flexibility index (Phi) is 7.35. The highest BCUT2D eigenvalue weighted by Gasteiger charge is 2.10. The molecule has 1 amide bonds. The van der Waals surface area contributed by atoms with E-state index in [1.165, 1.54) is 16.0 Å². The Morgan fingerprint density at radius 2 is 1.79 bits per heavy atom. The van der Waals surface area contributed by atoms with Gasteiger partial charge in [0.1, 0.15) is 0 Å². The van der Waals surface area contributed by atoms with Gasteiger partial charge in [0.05, 0.1) is 6.54 Å². The van der Waals surface area contributed by atoms with E-state index in [9.17, 15) is 4.79 Å². The molecule has 0 bridgehead atoms. The summed E-state index contributed by atoms with van der Waals surface area (Å²) in [5.74, 6) is 0.389. The summed E-state index contributed by atoms with van der Waals surface area (Å²) in [6.07, 6.45) is 2.07. The first kappa shape index (κ1) is 18.6. The van der Waals surface area contributed by atoms with E-state index in [0.717, 1.165) is 6.54 Å². The molecule has 0 fully saturated rings. The van der Waals surface area contributed by atoms with E-state index >= 15 is 0 Å². The second kappa shape index (κ2) is 9.50. The smallest absolute Gasteiger partial charge is 0.234 e. The Bertz CT molecular complexity index is 628. The van der Waals surface area contributed by atoms with Crippen LogP contribution >= 0.6 is 11.8 Å². The third-order valence-electron chi connectivity index (χ3n) is 4.00. The summed E-state index contributed by atoms with van der Waals surface area (Å²) in [4.78, 5) is 15.4. The molecule has 2 aromatic rings. The molecule has 0 spiro atoms. The van der Waals surface area contributed by atoms with Crippen molar-refractivity contribution in [2.45, 2.75) is 24.3 Å². The lowest BCUT2D eigenvalue weighted by Gasteiger charge is -2.18. The number of carbonyl (C=O) groups is 1. The molecule has 2 aromatic carbocycles. The van der Waals surface area contributed by atoms with E-state index in [0.29, 0.717) is 19.0 Å². The van der Waals surface area contributed by atoms with Crippen molar-refractivity contribution in [2.75, 3.05) is 26.4 Å². The van der Waals surface area contributed by atoms with Crippen LogP contribution in [0.4, 0.5) is 0 Å². The van der Waals surface area contributed by atoms with Gasteiger partial charge in [0.15, 0.2) is 0 Å². The van der Waals surface area contributed by atoms with E-state index in [-0.39, 0.29) is 5.91 Å². The van der Waals surface area contributed by atoms with Gasteiger partial charge in [-0.3, -0.25) is 9.69 Å². The van der Waals surface area contributed by atoms with Crippen LogP contribution < -0.4 is 5.32 Å². The summed E-state index contributed by atoms with van der Waals surface area (Å²) in [6, 6.07) is 18.8. The predicted octanol–water partition coefficient (Wildman–Crippen LogP) is 3.76. The number of benzene rings is 2. The van der Waals surface area contributed by atoms with Crippen LogP contribution in [0, 0.1) is 0 Å². The van der Waals surface area contributed by atoms with Crippen molar-refractivity contribution in [3.63, 3.8) is 0 Å². The quantitative estimate of drug-likeness (QED) is 0.741. The monoisotopic (exact) mass is 342 g/mol. The normalized spacial score (nSPS) is 12.2. The molecule has 128 valence electrons. The molecule has 0 saturated carbocycles. The lowest BCUT2D eigenvalue weighted by Crippen LogP contribution is -2.36. The second-order valence-corrected chi connectivity index (χ2v) is 7.02. The first-order valence-corrected chi connectivity index (χ1v) is 9.44. The number of rotatable bonds is 8. The lowest BCUT2D eigenvalue weighted by atomic mass is 10.0. The number of nitrogens with one attached hydrogen (secondary N) is 1. The number of nitrogens with zero attached hydrogens (tertiary/aromatic N) is 1. The summed E-state index contributed by atoms with van der Waals surface area (Å²) in [7, 11) is 1.97. The molecule has 3 nitrogen and oxygen atoms in total. The molecule has 0 saturated heterocycles. The second-order valence-electron chi connectivity index (χ2n) is 6.14. The van der Waals surface area contributed by atoms with Crippen molar-refractivity contribution in [2.24, 2.45) is 0 Å². The van der Waals surface area contributed by atoms with E-state index < -0.39 is 0 Å². The molecule has 0 heterocycles. The number of amides is 1. The minimum Gasteiger partial charge on any atom is -0.354 e. The number of hydrogen-bond acceptors (Lipinski definition) is 3. The molecular weight excluding hydrogens is 316 g/mol. The van der Waals surface area contributed by atoms with Crippen molar-refractivity contribution in [3.8, 4) is 0 Å². The van der Waals surface area contributed by atoms with Gasteiger partial charge in [-0.2, -0.15) is 0 Å².